The van der Waals surface area contributed by atoms with Crippen LogP contribution in [0.1, 0.15) is 13.8 Å². The average Bonchev–Trinajstić information content (AvgIpc) is 2.57. The van der Waals surface area contributed by atoms with E-state index in [-0.39, 0.29) is 11.4 Å². The molecule has 0 unspecified atom stereocenters. The minimum absolute atomic E-state index is 0.186. The molecule has 0 aliphatic rings. The fraction of sp³-hybridized carbons (Fsp3) is 0.267. The zero-order chi connectivity index (χ0) is 16.7. The number of hydrogen-bond acceptors (Lipinski definition) is 8. The zero-order valence-electron chi connectivity index (χ0n) is 13.0. The van der Waals surface area contributed by atoms with Gasteiger partial charge < -0.3 is 14.9 Å². The Hall–Kier alpha value is -2.71. The maximum atomic E-state index is 12.1. The lowest BCUT2D eigenvalue weighted by Crippen LogP contribution is -2.21. The average molecular weight is 316 g/mol. The maximum absolute atomic E-state index is 12.1. The summed E-state index contributed by atoms with van der Waals surface area (Å²) in [5.41, 5.74) is 1.13. The standard InChI is InChI=1S/C15H19N5O3/c1-3-20(4-2)11-5-7-13(14(21)9-11)18-19-15-8-6-12(10-17-15)22-23-16/h5-10,21H,3-4,16H2,1-2H3/p-1. The van der Waals surface area contributed by atoms with Gasteiger partial charge in [0.2, 0.25) is 0 Å². The summed E-state index contributed by atoms with van der Waals surface area (Å²) in [4.78, 5) is 14.7. The smallest absolute Gasteiger partial charge is 0.185 e. The first-order chi connectivity index (χ1) is 11.2. The van der Waals surface area contributed by atoms with E-state index in [1.807, 2.05) is 19.9 Å². The second-order valence-corrected chi connectivity index (χ2v) is 4.56. The van der Waals surface area contributed by atoms with Crippen molar-refractivity contribution in [3.05, 3.63) is 36.5 Å². The molecule has 2 rings (SSSR count). The first-order valence-electron chi connectivity index (χ1n) is 7.15. The van der Waals surface area contributed by atoms with E-state index in [9.17, 15) is 5.11 Å². The molecule has 0 fully saturated rings. The Morgan fingerprint density at radius 2 is 1.96 bits per heavy atom. The second-order valence-electron chi connectivity index (χ2n) is 4.56. The van der Waals surface area contributed by atoms with Gasteiger partial charge in [-0.05, 0) is 44.2 Å². The summed E-state index contributed by atoms with van der Waals surface area (Å²) >= 11 is 0. The molecule has 122 valence electrons. The molecule has 1 heterocycles. The lowest BCUT2D eigenvalue weighted by molar-refractivity contribution is -0.267. The number of aromatic nitrogens is 1. The molecule has 1 aromatic heterocycles. The SMILES string of the molecule is CCN(CC)c1ccc(N=Nc2ccc(OON)cn2)c([O-])c1. The van der Waals surface area contributed by atoms with Gasteiger partial charge in [-0.2, -0.15) is 5.90 Å². The summed E-state index contributed by atoms with van der Waals surface area (Å²) in [6, 6.07) is 8.19. The number of anilines is 1. The molecule has 8 heteroatoms. The Morgan fingerprint density at radius 1 is 1.17 bits per heavy atom. The number of nitrogens with zero attached hydrogens (tertiary/aromatic N) is 4. The molecule has 0 spiro atoms. The third kappa shape index (κ3) is 4.38. The van der Waals surface area contributed by atoms with Gasteiger partial charge in [0, 0.05) is 18.8 Å². The third-order valence-electron chi connectivity index (χ3n) is 3.20. The van der Waals surface area contributed by atoms with Crippen LogP contribution in [0.15, 0.2) is 46.8 Å². The lowest BCUT2D eigenvalue weighted by atomic mass is 10.2. The number of hydrogen-bond donors (Lipinski definition) is 1. The van der Waals surface area contributed by atoms with E-state index < -0.39 is 0 Å². The van der Waals surface area contributed by atoms with Crippen molar-refractivity contribution in [1.29, 1.82) is 0 Å². The highest BCUT2D eigenvalue weighted by Gasteiger charge is 2.03. The predicted octanol–water partition coefficient (Wildman–Crippen LogP) is 2.60. The van der Waals surface area contributed by atoms with Crippen molar-refractivity contribution >= 4 is 17.2 Å². The molecule has 0 atom stereocenters. The molecule has 2 aromatic rings. The van der Waals surface area contributed by atoms with Crippen LogP contribution >= 0.6 is 0 Å². The molecule has 0 saturated heterocycles. The highest BCUT2D eigenvalue weighted by Crippen LogP contribution is 2.30. The van der Waals surface area contributed by atoms with Crippen LogP contribution in [-0.4, -0.2) is 18.1 Å². The van der Waals surface area contributed by atoms with E-state index in [2.05, 4.69) is 30.0 Å². The first-order valence-corrected chi connectivity index (χ1v) is 7.15. The molecule has 8 nitrogen and oxygen atoms in total. The topological polar surface area (TPSA) is 108 Å². The van der Waals surface area contributed by atoms with Gasteiger partial charge in [0.05, 0.1) is 11.9 Å². The van der Waals surface area contributed by atoms with Crippen LogP contribution in [0.4, 0.5) is 17.2 Å². The highest BCUT2D eigenvalue weighted by molar-refractivity contribution is 5.60. The minimum atomic E-state index is -0.186. The summed E-state index contributed by atoms with van der Waals surface area (Å²) in [5.74, 6) is 5.26. The monoisotopic (exact) mass is 316 g/mol. The van der Waals surface area contributed by atoms with Crippen LogP contribution in [0, 0.1) is 0 Å². The fourth-order valence-corrected chi connectivity index (χ4v) is 2.01. The van der Waals surface area contributed by atoms with Crippen molar-refractivity contribution in [2.75, 3.05) is 18.0 Å². The Balaban J connectivity index is 2.13. The minimum Gasteiger partial charge on any atom is -0.871 e. The molecule has 0 amide bonds. The number of azo groups is 1. The summed E-state index contributed by atoms with van der Waals surface area (Å²) < 4.78 is 0. The maximum Gasteiger partial charge on any atom is 0.185 e. The summed E-state index contributed by atoms with van der Waals surface area (Å²) in [5, 5.41) is 20.0. The number of benzene rings is 1. The van der Waals surface area contributed by atoms with Gasteiger partial charge in [0.25, 0.3) is 0 Å². The van der Waals surface area contributed by atoms with Crippen molar-refractivity contribution in [2.24, 2.45) is 16.1 Å². The quantitative estimate of drug-likeness (QED) is 0.478. The molecule has 0 radical (unpaired) electrons. The van der Waals surface area contributed by atoms with Gasteiger partial charge in [-0.1, -0.05) is 10.7 Å². The van der Waals surface area contributed by atoms with Gasteiger partial charge in [-0.15, -0.1) is 10.2 Å². The lowest BCUT2D eigenvalue weighted by Gasteiger charge is -2.23. The van der Waals surface area contributed by atoms with Crippen LogP contribution in [0.25, 0.3) is 0 Å². The van der Waals surface area contributed by atoms with Crippen LogP contribution < -0.4 is 20.8 Å². The second kappa shape index (κ2) is 8.06. The van der Waals surface area contributed by atoms with E-state index in [0.29, 0.717) is 11.6 Å². The Bertz CT molecular complexity index is 657. The Morgan fingerprint density at radius 3 is 2.52 bits per heavy atom. The molecule has 0 saturated carbocycles. The molecular formula is C15H18N5O3-. The van der Waals surface area contributed by atoms with E-state index in [1.165, 1.54) is 6.20 Å². The van der Waals surface area contributed by atoms with E-state index in [0.717, 1.165) is 18.8 Å². The molecule has 2 N–H and O–H groups in total. The fourth-order valence-electron chi connectivity index (χ4n) is 2.01. The largest absolute Gasteiger partial charge is 0.871 e. The van der Waals surface area contributed by atoms with E-state index >= 15 is 0 Å². The Kier molecular flexibility index (Phi) is 5.84. The van der Waals surface area contributed by atoms with Gasteiger partial charge in [0.1, 0.15) is 0 Å². The van der Waals surface area contributed by atoms with Crippen LogP contribution in [0.3, 0.4) is 0 Å². The predicted molar refractivity (Wildman–Crippen MR) is 83.8 cm³/mol. The van der Waals surface area contributed by atoms with Gasteiger partial charge in [-0.25, -0.2) is 4.98 Å². The summed E-state index contributed by atoms with van der Waals surface area (Å²) in [6.07, 6.45) is 1.38. The molecule has 23 heavy (non-hydrogen) atoms. The molecular weight excluding hydrogens is 298 g/mol. The van der Waals surface area contributed by atoms with Gasteiger partial charge in [-0.3, -0.25) is 0 Å². The van der Waals surface area contributed by atoms with E-state index in [1.54, 1.807) is 24.3 Å². The van der Waals surface area contributed by atoms with Crippen LogP contribution in [-0.2, 0) is 4.99 Å². The summed E-state index contributed by atoms with van der Waals surface area (Å²) in [6.45, 7) is 5.75. The normalized spacial score (nSPS) is 10.9. The van der Waals surface area contributed by atoms with Gasteiger partial charge >= 0.3 is 0 Å². The zero-order valence-corrected chi connectivity index (χ0v) is 13.0. The molecule has 1 aromatic carbocycles. The molecule has 0 aliphatic carbocycles. The van der Waals surface area contributed by atoms with Crippen LogP contribution in [0.2, 0.25) is 0 Å². The number of rotatable bonds is 7. The number of nitrogens with two attached hydrogens (primary N) is 1. The van der Waals surface area contributed by atoms with Crippen molar-refractivity contribution in [2.45, 2.75) is 13.8 Å². The van der Waals surface area contributed by atoms with Crippen molar-refractivity contribution in [3.8, 4) is 11.5 Å². The van der Waals surface area contributed by atoms with Crippen molar-refractivity contribution in [3.63, 3.8) is 0 Å². The highest BCUT2D eigenvalue weighted by atomic mass is 17.3. The van der Waals surface area contributed by atoms with Crippen molar-refractivity contribution in [1.82, 2.24) is 4.98 Å². The molecule has 0 bridgehead atoms. The van der Waals surface area contributed by atoms with E-state index in [4.69, 9.17) is 5.90 Å². The summed E-state index contributed by atoms with van der Waals surface area (Å²) in [7, 11) is 0. The molecule has 0 aliphatic heterocycles. The Labute approximate surface area is 134 Å². The van der Waals surface area contributed by atoms with Crippen LogP contribution in [0.5, 0.6) is 11.5 Å². The van der Waals surface area contributed by atoms with Crippen molar-refractivity contribution < 1.29 is 15.0 Å². The first kappa shape index (κ1) is 16.7. The van der Waals surface area contributed by atoms with Gasteiger partial charge in [0.15, 0.2) is 11.6 Å². The number of pyridine rings is 1. The third-order valence-corrected chi connectivity index (χ3v) is 3.20.